The number of anilines is 6. The van der Waals surface area contributed by atoms with Gasteiger partial charge in [-0.05, 0) is 141 Å². The van der Waals surface area contributed by atoms with E-state index in [4.69, 9.17) is 0 Å². The summed E-state index contributed by atoms with van der Waals surface area (Å²) in [7, 11) is 0. The number of thiophene rings is 1. The van der Waals surface area contributed by atoms with E-state index in [1.807, 2.05) is 11.3 Å². The summed E-state index contributed by atoms with van der Waals surface area (Å²) >= 11 is 1.89. The standard InChI is InChI=1S/C53H40N2S/c1-33-13-11-15-35(27-33)54(36-16-12-14-34(2)28-36)37-23-25-41-42-26-24-38(30-45(42)40-18-6-5-17-39(40)44(41)29-37)55-49-21-9-8-20-47(49)53(3,4)48-31-46-43-19-7-10-22-51(43)56-52(46)32-50(48)55/h5-32H,1-4H3. The van der Waals surface area contributed by atoms with Crippen molar-refractivity contribution in [3.63, 3.8) is 0 Å². The van der Waals surface area contributed by atoms with Crippen molar-refractivity contribution in [2.75, 3.05) is 9.80 Å². The number of hydrogen-bond acceptors (Lipinski definition) is 3. The van der Waals surface area contributed by atoms with Gasteiger partial charge in [0.05, 0.1) is 11.4 Å². The first-order valence-electron chi connectivity index (χ1n) is 19.5. The van der Waals surface area contributed by atoms with E-state index in [9.17, 15) is 0 Å². The van der Waals surface area contributed by atoms with E-state index >= 15 is 0 Å². The molecule has 0 aliphatic carbocycles. The van der Waals surface area contributed by atoms with Crippen LogP contribution in [0.2, 0.25) is 0 Å². The maximum Gasteiger partial charge on any atom is 0.0517 e. The van der Waals surface area contributed by atoms with Crippen molar-refractivity contribution in [3.8, 4) is 0 Å². The Kier molecular flexibility index (Phi) is 7.24. The third kappa shape index (κ3) is 4.94. The molecule has 2 nitrogen and oxygen atoms in total. The molecule has 56 heavy (non-hydrogen) atoms. The maximum atomic E-state index is 2.52. The lowest BCUT2D eigenvalue weighted by Crippen LogP contribution is -2.30. The summed E-state index contributed by atoms with van der Waals surface area (Å²) in [5.74, 6) is 0. The van der Waals surface area contributed by atoms with Gasteiger partial charge in [-0.25, -0.2) is 0 Å². The minimum Gasteiger partial charge on any atom is -0.310 e. The number of fused-ring (bicyclic) bond motifs is 11. The van der Waals surface area contributed by atoms with Gasteiger partial charge in [0.2, 0.25) is 0 Å². The van der Waals surface area contributed by atoms with Crippen LogP contribution in [-0.4, -0.2) is 0 Å². The molecular weight excluding hydrogens is 697 g/mol. The fourth-order valence-corrected chi connectivity index (χ4v) is 10.5. The van der Waals surface area contributed by atoms with Crippen LogP contribution in [0.15, 0.2) is 170 Å². The number of rotatable bonds is 4. The minimum absolute atomic E-state index is 0.165. The number of nitrogens with zero attached hydrogens (tertiary/aromatic N) is 2. The van der Waals surface area contributed by atoms with Crippen LogP contribution in [0.3, 0.4) is 0 Å². The normalized spacial score (nSPS) is 13.5. The molecule has 0 bridgehead atoms. The van der Waals surface area contributed by atoms with E-state index in [2.05, 4.69) is 207 Å². The molecule has 0 fully saturated rings. The molecule has 1 aliphatic rings. The molecule has 0 N–H and O–H groups in total. The third-order valence-electron chi connectivity index (χ3n) is 12.1. The summed E-state index contributed by atoms with van der Waals surface area (Å²) in [5, 5.41) is 10.2. The highest BCUT2D eigenvalue weighted by Gasteiger charge is 2.37. The molecule has 0 saturated carbocycles. The van der Waals surface area contributed by atoms with Crippen molar-refractivity contribution < 1.29 is 0 Å². The molecule has 9 aromatic carbocycles. The molecule has 1 aromatic heterocycles. The van der Waals surface area contributed by atoms with Crippen LogP contribution in [-0.2, 0) is 5.41 Å². The number of benzene rings is 9. The highest BCUT2D eigenvalue weighted by atomic mass is 32.1. The van der Waals surface area contributed by atoms with Gasteiger partial charge in [-0.2, -0.15) is 0 Å². The van der Waals surface area contributed by atoms with Crippen molar-refractivity contribution in [2.24, 2.45) is 0 Å². The highest BCUT2D eigenvalue weighted by molar-refractivity contribution is 7.25. The molecule has 1 aliphatic heterocycles. The van der Waals surface area contributed by atoms with Crippen molar-refractivity contribution >= 4 is 98.0 Å². The Bertz CT molecular complexity index is 3160. The van der Waals surface area contributed by atoms with E-state index in [-0.39, 0.29) is 5.41 Å². The molecule has 0 radical (unpaired) electrons. The molecule has 0 saturated heterocycles. The summed E-state index contributed by atoms with van der Waals surface area (Å²) in [6.07, 6.45) is 0. The molecule has 0 spiro atoms. The first-order valence-corrected chi connectivity index (χ1v) is 20.3. The molecule has 3 heteroatoms. The molecular formula is C53H40N2S. The van der Waals surface area contributed by atoms with E-state index in [1.54, 1.807) is 0 Å². The summed E-state index contributed by atoms with van der Waals surface area (Å²) in [6.45, 7) is 9.10. The summed E-state index contributed by atoms with van der Waals surface area (Å²) < 4.78 is 2.66. The molecule has 11 rings (SSSR count). The average molecular weight is 737 g/mol. The predicted molar refractivity (Wildman–Crippen MR) is 243 cm³/mol. The summed E-state index contributed by atoms with van der Waals surface area (Å²) in [4.78, 5) is 4.91. The first-order chi connectivity index (χ1) is 27.3. The topological polar surface area (TPSA) is 6.48 Å². The number of aryl methyl sites for hydroxylation is 2. The van der Waals surface area contributed by atoms with Crippen LogP contribution in [0.25, 0.3) is 52.5 Å². The van der Waals surface area contributed by atoms with Gasteiger partial charge in [0.25, 0.3) is 0 Å². The van der Waals surface area contributed by atoms with Crippen molar-refractivity contribution in [3.05, 3.63) is 192 Å². The SMILES string of the molecule is Cc1cccc(N(c2cccc(C)c2)c2ccc3c4ccc(N5c6ccccc6C(C)(C)c6cc7c(cc65)sc5ccccc57)cc4c4ccccc4c3c2)c1. The quantitative estimate of drug-likeness (QED) is 0.166. The highest BCUT2D eigenvalue weighted by Crippen LogP contribution is 2.54. The van der Waals surface area contributed by atoms with Gasteiger partial charge in [-0.3, -0.25) is 0 Å². The van der Waals surface area contributed by atoms with Gasteiger partial charge in [-0.15, -0.1) is 11.3 Å². The second-order valence-electron chi connectivity index (χ2n) is 16.0. The fourth-order valence-electron chi connectivity index (χ4n) is 9.39. The van der Waals surface area contributed by atoms with Crippen molar-refractivity contribution in [1.29, 1.82) is 0 Å². The van der Waals surface area contributed by atoms with Gasteiger partial charge in [0.1, 0.15) is 0 Å². The molecule has 268 valence electrons. The zero-order valence-corrected chi connectivity index (χ0v) is 32.8. The maximum absolute atomic E-state index is 2.52. The van der Waals surface area contributed by atoms with Gasteiger partial charge < -0.3 is 9.80 Å². The smallest absolute Gasteiger partial charge is 0.0517 e. The average Bonchev–Trinajstić information content (AvgIpc) is 3.58. The first kappa shape index (κ1) is 33.0. The van der Waals surface area contributed by atoms with Gasteiger partial charge in [0.15, 0.2) is 0 Å². The molecule has 0 unspecified atom stereocenters. The van der Waals surface area contributed by atoms with Crippen LogP contribution in [0.5, 0.6) is 0 Å². The Labute approximate surface area is 331 Å². The van der Waals surface area contributed by atoms with Crippen LogP contribution in [0.4, 0.5) is 34.1 Å². The van der Waals surface area contributed by atoms with E-state index in [0.717, 1.165) is 17.1 Å². The van der Waals surface area contributed by atoms with Crippen molar-refractivity contribution in [2.45, 2.75) is 33.1 Å². The van der Waals surface area contributed by atoms with Crippen LogP contribution in [0.1, 0.15) is 36.1 Å². The number of para-hydroxylation sites is 1. The Morgan fingerprint density at radius 3 is 1.71 bits per heavy atom. The monoisotopic (exact) mass is 736 g/mol. The van der Waals surface area contributed by atoms with Gasteiger partial charge in [-0.1, -0.05) is 111 Å². The molecule has 2 heterocycles. The molecule has 0 atom stereocenters. The lowest BCUT2D eigenvalue weighted by Gasteiger charge is -2.42. The third-order valence-corrected chi connectivity index (χ3v) is 13.2. The van der Waals surface area contributed by atoms with E-state index in [1.165, 1.54) is 91.8 Å². The largest absolute Gasteiger partial charge is 0.310 e. The van der Waals surface area contributed by atoms with Crippen LogP contribution >= 0.6 is 11.3 Å². The van der Waals surface area contributed by atoms with E-state index < -0.39 is 0 Å². The Morgan fingerprint density at radius 1 is 0.411 bits per heavy atom. The van der Waals surface area contributed by atoms with Crippen LogP contribution < -0.4 is 9.80 Å². The summed E-state index contributed by atoms with van der Waals surface area (Å²) in [5.41, 5.74) is 12.1. The summed E-state index contributed by atoms with van der Waals surface area (Å²) in [6, 6.07) is 63.5. The zero-order chi connectivity index (χ0) is 37.7. The Hall–Kier alpha value is -6.42. The molecule has 10 aromatic rings. The second-order valence-corrected chi connectivity index (χ2v) is 17.0. The lowest BCUT2D eigenvalue weighted by atomic mass is 9.73. The van der Waals surface area contributed by atoms with E-state index in [0.29, 0.717) is 0 Å². The van der Waals surface area contributed by atoms with Crippen molar-refractivity contribution in [1.82, 2.24) is 0 Å². The predicted octanol–water partition coefficient (Wildman–Crippen LogP) is 15.7. The second kappa shape index (κ2) is 12.3. The fraction of sp³-hybridized carbons (Fsp3) is 0.0943. The zero-order valence-electron chi connectivity index (χ0n) is 32.0. The lowest BCUT2D eigenvalue weighted by molar-refractivity contribution is 0.633. The van der Waals surface area contributed by atoms with Crippen LogP contribution in [0, 0.1) is 13.8 Å². The Morgan fingerprint density at radius 2 is 1.00 bits per heavy atom. The minimum atomic E-state index is -0.165. The molecule has 0 amide bonds. The number of hydrogen-bond donors (Lipinski definition) is 0. The van der Waals surface area contributed by atoms with Gasteiger partial charge >= 0.3 is 0 Å². The Balaban J connectivity index is 1.14. The van der Waals surface area contributed by atoms with Gasteiger partial charge in [0, 0.05) is 48.3 Å².